The maximum atomic E-state index is 12.3. The van der Waals surface area contributed by atoms with Crippen LogP contribution in [0.5, 0.6) is 0 Å². The number of aryl methyl sites for hydroxylation is 2. The maximum Gasteiger partial charge on any atom is 0.0532 e. The smallest absolute Gasteiger partial charge is 0.0532 e. The van der Waals surface area contributed by atoms with Crippen molar-refractivity contribution >= 4 is 10.8 Å². The van der Waals surface area contributed by atoms with Gasteiger partial charge in [0.1, 0.15) is 0 Å². The highest BCUT2D eigenvalue weighted by molar-refractivity contribution is 7.85. The van der Waals surface area contributed by atoms with Crippen LogP contribution in [0.25, 0.3) is 0 Å². The van der Waals surface area contributed by atoms with Crippen molar-refractivity contribution in [2.75, 3.05) is 5.75 Å². The van der Waals surface area contributed by atoms with E-state index in [4.69, 9.17) is 5.73 Å². The van der Waals surface area contributed by atoms with Gasteiger partial charge in [-0.3, -0.25) is 4.21 Å². The minimum atomic E-state index is -0.870. The third-order valence-corrected chi connectivity index (χ3v) is 5.52. The summed E-state index contributed by atoms with van der Waals surface area (Å²) in [6.45, 7) is 4.11. The number of hydrogen-bond donors (Lipinski definition) is 1. The lowest BCUT2D eigenvalue weighted by atomic mass is 10.0. The van der Waals surface area contributed by atoms with E-state index in [2.05, 4.69) is 13.0 Å². The predicted molar refractivity (Wildman–Crippen MR) is 77.1 cm³/mol. The molecule has 1 aromatic carbocycles. The zero-order valence-electron chi connectivity index (χ0n) is 11.3. The van der Waals surface area contributed by atoms with E-state index in [1.165, 1.54) is 18.4 Å². The molecule has 1 aromatic rings. The number of hydrogen-bond acceptors (Lipinski definition) is 2. The number of benzene rings is 1. The van der Waals surface area contributed by atoms with Crippen LogP contribution in [0.4, 0.5) is 0 Å². The molecule has 3 atom stereocenters. The molecule has 100 valence electrons. The first-order valence-corrected chi connectivity index (χ1v) is 8.11. The molecular weight excluding hydrogens is 242 g/mol. The van der Waals surface area contributed by atoms with E-state index in [9.17, 15) is 4.21 Å². The van der Waals surface area contributed by atoms with Gasteiger partial charge in [0.05, 0.1) is 10.8 Å². The Morgan fingerprint density at radius 2 is 2.11 bits per heavy atom. The molecule has 1 aliphatic rings. The number of nitrogens with two attached hydrogens (primary N) is 1. The topological polar surface area (TPSA) is 43.1 Å². The van der Waals surface area contributed by atoms with E-state index in [0.717, 1.165) is 29.1 Å². The first kappa shape index (κ1) is 13.8. The van der Waals surface area contributed by atoms with Crippen LogP contribution in [0.2, 0.25) is 0 Å². The average Bonchev–Trinajstić information content (AvgIpc) is 2.72. The van der Waals surface area contributed by atoms with Crippen molar-refractivity contribution < 1.29 is 4.21 Å². The van der Waals surface area contributed by atoms with Gasteiger partial charge in [-0.05, 0) is 50.7 Å². The Labute approximate surface area is 112 Å². The summed E-state index contributed by atoms with van der Waals surface area (Å²) in [6, 6.07) is 6.49. The van der Waals surface area contributed by atoms with Gasteiger partial charge in [0, 0.05) is 16.7 Å². The zero-order valence-corrected chi connectivity index (χ0v) is 12.1. The second-order valence-corrected chi connectivity index (χ2v) is 7.00. The molecule has 1 saturated carbocycles. The summed E-state index contributed by atoms with van der Waals surface area (Å²) in [5, 5.41) is 0. The van der Waals surface area contributed by atoms with Crippen molar-refractivity contribution in [3.63, 3.8) is 0 Å². The average molecular weight is 265 g/mol. The second-order valence-electron chi connectivity index (χ2n) is 5.46. The van der Waals surface area contributed by atoms with Crippen LogP contribution in [0.15, 0.2) is 23.1 Å². The number of rotatable bonds is 4. The molecule has 2 N–H and O–H groups in total. The largest absolute Gasteiger partial charge is 0.327 e. The predicted octanol–water partition coefficient (Wildman–Crippen LogP) is 2.93. The molecule has 3 heteroatoms. The van der Waals surface area contributed by atoms with Crippen LogP contribution in [0.1, 0.15) is 36.8 Å². The molecule has 0 aromatic heterocycles. The summed E-state index contributed by atoms with van der Waals surface area (Å²) >= 11 is 0. The fraction of sp³-hybridized carbons (Fsp3) is 0.600. The van der Waals surface area contributed by atoms with Crippen molar-refractivity contribution in [1.82, 2.24) is 0 Å². The minimum absolute atomic E-state index is 0.334. The van der Waals surface area contributed by atoms with Gasteiger partial charge in [-0.15, -0.1) is 0 Å². The molecule has 2 nitrogen and oxygen atoms in total. The van der Waals surface area contributed by atoms with Gasteiger partial charge in [0.25, 0.3) is 0 Å². The second kappa shape index (κ2) is 5.98. The standard InChI is InChI=1S/C15H23NOS/c1-11-6-7-15(12(2)10-11)18(17)9-8-13-4-3-5-14(13)16/h6-7,10,13-14H,3-5,8-9,16H2,1-2H3. The normalized spacial score (nSPS) is 25.3. The van der Waals surface area contributed by atoms with Crippen LogP contribution in [0.3, 0.4) is 0 Å². The fourth-order valence-electron chi connectivity index (χ4n) is 2.85. The molecule has 0 amide bonds. The summed E-state index contributed by atoms with van der Waals surface area (Å²) < 4.78 is 12.3. The summed E-state index contributed by atoms with van der Waals surface area (Å²) in [6.07, 6.45) is 4.59. The molecule has 3 unspecified atom stereocenters. The minimum Gasteiger partial charge on any atom is -0.327 e. The monoisotopic (exact) mass is 265 g/mol. The van der Waals surface area contributed by atoms with Crippen LogP contribution >= 0.6 is 0 Å². The van der Waals surface area contributed by atoms with Crippen molar-refractivity contribution in [2.45, 2.75) is 50.5 Å². The van der Waals surface area contributed by atoms with Crippen LogP contribution in [-0.2, 0) is 10.8 Å². The van der Waals surface area contributed by atoms with Gasteiger partial charge in [0.15, 0.2) is 0 Å². The molecule has 18 heavy (non-hydrogen) atoms. The molecule has 2 rings (SSSR count). The van der Waals surface area contributed by atoms with E-state index in [0.29, 0.717) is 12.0 Å². The molecule has 0 bridgehead atoms. The van der Waals surface area contributed by atoms with Crippen LogP contribution in [0, 0.1) is 19.8 Å². The molecule has 0 heterocycles. The van der Waals surface area contributed by atoms with Gasteiger partial charge in [-0.25, -0.2) is 0 Å². The summed E-state index contributed by atoms with van der Waals surface area (Å²) in [7, 11) is -0.870. The highest BCUT2D eigenvalue weighted by Gasteiger charge is 2.24. The van der Waals surface area contributed by atoms with Gasteiger partial charge < -0.3 is 5.73 Å². The molecule has 0 radical (unpaired) electrons. The van der Waals surface area contributed by atoms with Crippen molar-refractivity contribution in [3.05, 3.63) is 29.3 Å². The van der Waals surface area contributed by atoms with E-state index in [1.807, 2.05) is 19.1 Å². The van der Waals surface area contributed by atoms with E-state index < -0.39 is 10.8 Å². The Kier molecular flexibility index (Phi) is 4.57. The third kappa shape index (κ3) is 3.21. The molecule has 1 fully saturated rings. The maximum absolute atomic E-state index is 12.3. The lowest BCUT2D eigenvalue weighted by Gasteiger charge is -2.15. The molecule has 0 saturated heterocycles. The molecule has 0 spiro atoms. The lowest BCUT2D eigenvalue weighted by Crippen LogP contribution is -2.25. The van der Waals surface area contributed by atoms with Gasteiger partial charge >= 0.3 is 0 Å². The van der Waals surface area contributed by atoms with Crippen molar-refractivity contribution in [2.24, 2.45) is 11.7 Å². The third-order valence-electron chi connectivity index (χ3n) is 3.97. The van der Waals surface area contributed by atoms with Crippen molar-refractivity contribution in [3.8, 4) is 0 Å². The van der Waals surface area contributed by atoms with E-state index in [-0.39, 0.29) is 0 Å². The molecular formula is C15H23NOS. The lowest BCUT2D eigenvalue weighted by molar-refractivity contribution is 0.468. The Balaban J connectivity index is 1.95. The summed E-state index contributed by atoms with van der Waals surface area (Å²) in [5.74, 6) is 1.34. The van der Waals surface area contributed by atoms with Gasteiger partial charge in [-0.1, -0.05) is 24.1 Å². The van der Waals surface area contributed by atoms with E-state index >= 15 is 0 Å². The Morgan fingerprint density at radius 1 is 1.33 bits per heavy atom. The highest BCUT2D eigenvalue weighted by atomic mass is 32.2. The SMILES string of the molecule is Cc1ccc(S(=O)CCC2CCCC2N)c(C)c1. The van der Waals surface area contributed by atoms with Gasteiger partial charge in [0.2, 0.25) is 0 Å². The first-order valence-electron chi connectivity index (χ1n) is 6.79. The summed E-state index contributed by atoms with van der Waals surface area (Å²) in [5.41, 5.74) is 8.43. The fourth-order valence-corrected chi connectivity index (χ4v) is 4.22. The quantitative estimate of drug-likeness (QED) is 0.909. The zero-order chi connectivity index (χ0) is 13.1. The van der Waals surface area contributed by atoms with Crippen LogP contribution in [-0.4, -0.2) is 16.0 Å². The highest BCUT2D eigenvalue weighted by Crippen LogP contribution is 2.27. The van der Waals surface area contributed by atoms with E-state index in [1.54, 1.807) is 0 Å². The Bertz CT molecular complexity index is 444. The summed E-state index contributed by atoms with van der Waals surface area (Å²) in [4.78, 5) is 0.993. The van der Waals surface area contributed by atoms with Gasteiger partial charge in [-0.2, -0.15) is 0 Å². The molecule has 0 aliphatic heterocycles. The van der Waals surface area contributed by atoms with Crippen molar-refractivity contribution in [1.29, 1.82) is 0 Å². The Morgan fingerprint density at radius 3 is 2.72 bits per heavy atom. The Hall–Kier alpha value is -0.670. The van der Waals surface area contributed by atoms with Crippen LogP contribution < -0.4 is 5.73 Å². The first-order chi connectivity index (χ1) is 8.58. The molecule has 1 aliphatic carbocycles.